The minimum absolute atomic E-state index is 0. The Morgan fingerprint density at radius 3 is 2.74 bits per heavy atom. The van der Waals surface area contributed by atoms with Gasteiger partial charge in [-0.1, -0.05) is 29.8 Å². The van der Waals surface area contributed by atoms with Gasteiger partial charge < -0.3 is 10.1 Å². The second-order valence-corrected chi connectivity index (χ2v) is 6.85. The molecule has 1 aromatic carbocycles. The van der Waals surface area contributed by atoms with Crippen LogP contribution in [0.15, 0.2) is 35.9 Å². The van der Waals surface area contributed by atoms with E-state index in [2.05, 4.69) is 14.8 Å². The van der Waals surface area contributed by atoms with Crippen LogP contribution in [0.2, 0.25) is 0 Å². The topological polar surface area (TPSA) is 84.5 Å². The number of methoxy groups -OCH3 is 1. The van der Waals surface area contributed by atoms with E-state index in [4.69, 9.17) is 0 Å². The first-order valence-electron chi connectivity index (χ1n) is 7.04. The molecule has 0 spiro atoms. The van der Waals surface area contributed by atoms with Gasteiger partial charge in [-0.2, -0.15) is 0 Å². The minimum atomic E-state index is -3.52. The Hall–Kier alpha value is -1.41. The monoisotopic (exact) mass is 360 g/mol. The summed E-state index contributed by atoms with van der Waals surface area (Å²) in [5, 5.41) is 3.17. The average molecular weight is 361 g/mol. The summed E-state index contributed by atoms with van der Waals surface area (Å²) in [5.74, 6) is -0.782. The lowest BCUT2D eigenvalue weighted by Crippen LogP contribution is -2.30. The van der Waals surface area contributed by atoms with Crippen LogP contribution in [0, 0.1) is 0 Å². The number of carbonyl (C=O) groups excluding carboxylic acids is 1. The summed E-state index contributed by atoms with van der Waals surface area (Å²) in [6, 6.07) is 6.56. The summed E-state index contributed by atoms with van der Waals surface area (Å²) in [6.45, 7) is 1.94. The van der Waals surface area contributed by atoms with Crippen molar-refractivity contribution in [1.29, 1.82) is 0 Å². The third kappa shape index (κ3) is 5.95. The zero-order valence-electron chi connectivity index (χ0n) is 12.9. The number of halogens is 1. The van der Waals surface area contributed by atoms with Gasteiger partial charge in [-0.25, -0.2) is 17.9 Å². The van der Waals surface area contributed by atoms with Gasteiger partial charge in [-0.3, -0.25) is 0 Å². The molecule has 0 radical (unpaired) electrons. The second kappa shape index (κ2) is 9.02. The molecule has 1 aliphatic heterocycles. The number of sulfonamides is 1. The van der Waals surface area contributed by atoms with Gasteiger partial charge in [0.25, 0.3) is 0 Å². The van der Waals surface area contributed by atoms with Crippen LogP contribution in [-0.2, 0) is 20.5 Å². The van der Waals surface area contributed by atoms with Crippen molar-refractivity contribution in [3.05, 3.63) is 47.0 Å². The molecule has 1 aromatic rings. The first kappa shape index (κ1) is 19.6. The molecule has 0 atom stereocenters. The normalized spacial score (nSPS) is 14.6. The zero-order chi connectivity index (χ0) is 16.0. The maximum atomic E-state index is 12.2. The quantitative estimate of drug-likeness (QED) is 0.589. The first-order valence-corrected chi connectivity index (χ1v) is 8.69. The highest BCUT2D eigenvalue weighted by Gasteiger charge is 2.18. The molecule has 0 fully saturated rings. The van der Waals surface area contributed by atoms with Gasteiger partial charge in [0.15, 0.2) is 0 Å². The van der Waals surface area contributed by atoms with E-state index in [1.807, 2.05) is 6.08 Å². The number of benzene rings is 1. The van der Waals surface area contributed by atoms with Crippen LogP contribution in [-0.4, -0.2) is 41.1 Å². The highest BCUT2D eigenvalue weighted by molar-refractivity contribution is 7.88. The molecule has 8 heteroatoms. The Balaban J connectivity index is 0.00000264. The molecule has 23 heavy (non-hydrogen) atoms. The molecule has 2 N–H and O–H groups in total. The van der Waals surface area contributed by atoms with Crippen LogP contribution in [0.25, 0.3) is 0 Å². The number of hydrogen-bond donors (Lipinski definition) is 2. The van der Waals surface area contributed by atoms with Crippen molar-refractivity contribution >= 4 is 28.4 Å². The molecule has 0 saturated carbocycles. The standard InChI is InChI=1S/C15H20N2O4S.ClH/c1-21-15(18)14-5-3-2-4-13(14)11-22(19,20)17-10-12-6-8-16-9-7-12;/h2-6,16-17H,7-11H2,1H3;1H. The molecule has 128 valence electrons. The first-order chi connectivity index (χ1) is 10.5. The van der Waals surface area contributed by atoms with Gasteiger partial charge in [-0.15, -0.1) is 12.4 Å². The van der Waals surface area contributed by atoms with Crippen LogP contribution in [0.4, 0.5) is 0 Å². The molecule has 2 rings (SSSR count). The smallest absolute Gasteiger partial charge is 0.338 e. The van der Waals surface area contributed by atoms with E-state index in [9.17, 15) is 13.2 Å². The Bertz CT molecular complexity index is 674. The zero-order valence-corrected chi connectivity index (χ0v) is 14.5. The minimum Gasteiger partial charge on any atom is -0.465 e. The molecular formula is C15H21ClN2O4S. The van der Waals surface area contributed by atoms with E-state index in [1.165, 1.54) is 7.11 Å². The molecule has 6 nitrogen and oxygen atoms in total. The lowest BCUT2D eigenvalue weighted by atomic mass is 10.1. The van der Waals surface area contributed by atoms with Crippen molar-refractivity contribution in [3.8, 4) is 0 Å². The van der Waals surface area contributed by atoms with Crippen LogP contribution in [0.5, 0.6) is 0 Å². The summed E-state index contributed by atoms with van der Waals surface area (Å²) in [5.41, 5.74) is 1.78. The van der Waals surface area contributed by atoms with Crippen molar-refractivity contribution in [2.24, 2.45) is 0 Å². The molecular weight excluding hydrogens is 340 g/mol. The molecule has 0 bridgehead atoms. The molecule has 0 unspecified atom stereocenters. The van der Waals surface area contributed by atoms with Crippen LogP contribution in [0.3, 0.4) is 0 Å². The third-order valence-corrected chi connectivity index (χ3v) is 4.72. The van der Waals surface area contributed by atoms with Crippen molar-refractivity contribution in [3.63, 3.8) is 0 Å². The maximum absolute atomic E-state index is 12.2. The SMILES string of the molecule is COC(=O)c1ccccc1CS(=O)(=O)NCC1=CCNCC1.Cl. The van der Waals surface area contributed by atoms with Crippen LogP contribution in [0.1, 0.15) is 22.3 Å². The summed E-state index contributed by atoms with van der Waals surface area (Å²) < 4.78 is 31.7. The summed E-state index contributed by atoms with van der Waals surface area (Å²) in [7, 11) is -2.24. The maximum Gasteiger partial charge on any atom is 0.338 e. The lowest BCUT2D eigenvalue weighted by Gasteiger charge is -2.15. The number of carbonyl (C=O) groups is 1. The molecule has 1 aliphatic rings. The van der Waals surface area contributed by atoms with Crippen molar-refractivity contribution in [2.45, 2.75) is 12.2 Å². The third-order valence-electron chi connectivity index (χ3n) is 3.45. The van der Waals surface area contributed by atoms with Gasteiger partial charge in [0.05, 0.1) is 18.4 Å². The fourth-order valence-electron chi connectivity index (χ4n) is 2.24. The number of nitrogens with one attached hydrogen (secondary N) is 2. The van der Waals surface area contributed by atoms with Crippen LogP contribution >= 0.6 is 12.4 Å². The molecule has 0 aromatic heterocycles. The Kier molecular flexibility index (Phi) is 7.70. The molecule has 0 aliphatic carbocycles. The summed E-state index contributed by atoms with van der Waals surface area (Å²) in [4.78, 5) is 11.7. The second-order valence-electron chi connectivity index (χ2n) is 5.05. The Morgan fingerprint density at radius 1 is 1.35 bits per heavy atom. The highest BCUT2D eigenvalue weighted by Crippen LogP contribution is 2.13. The summed E-state index contributed by atoms with van der Waals surface area (Å²) >= 11 is 0. The average Bonchev–Trinajstić information content (AvgIpc) is 2.53. The van der Waals surface area contributed by atoms with E-state index in [0.29, 0.717) is 12.1 Å². The number of rotatable bonds is 6. The van der Waals surface area contributed by atoms with Gasteiger partial charge >= 0.3 is 5.97 Å². The largest absolute Gasteiger partial charge is 0.465 e. The van der Waals surface area contributed by atoms with Gasteiger partial charge in [0.2, 0.25) is 10.0 Å². The van der Waals surface area contributed by atoms with E-state index in [1.54, 1.807) is 24.3 Å². The van der Waals surface area contributed by atoms with Crippen molar-refractivity contribution in [1.82, 2.24) is 10.0 Å². The lowest BCUT2D eigenvalue weighted by molar-refractivity contribution is 0.0600. The molecule has 1 heterocycles. The summed E-state index contributed by atoms with van der Waals surface area (Å²) in [6.07, 6.45) is 2.83. The van der Waals surface area contributed by atoms with E-state index >= 15 is 0 Å². The Morgan fingerprint density at radius 2 is 2.09 bits per heavy atom. The predicted octanol–water partition coefficient (Wildman–Crippen LogP) is 1.23. The van der Waals surface area contributed by atoms with E-state index in [-0.39, 0.29) is 23.7 Å². The number of esters is 1. The van der Waals surface area contributed by atoms with E-state index in [0.717, 1.165) is 25.1 Å². The highest BCUT2D eigenvalue weighted by atomic mass is 35.5. The van der Waals surface area contributed by atoms with Gasteiger partial charge in [0, 0.05) is 13.1 Å². The molecule has 0 saturated heterocycles. The van der Waals surface area contributed by atoms with Gasteiger partial charge in [-0.05, 0) is 24.6 Å². The predicted molar refractivity (Wildman–Crippen MR) is 91.2 cm³/mol. The van der Waals surface area contributed by atoms with Gasteiger partial charge in [0.1, 0.15) is 0 Å². The fraction of sp³-hybridized carbons (Fsp3) is 0.400. The Labute approximate surface area is 142 Å². The van der Waals surface area contributed by atoms with Crippen molar-refractivity contribution in [2.75, 3.05) is 26.7 Å². The molecule has 0 amide bonds. The fourth-order valence-corrected chi connectivity index (χ4v) is 3.41. The number of hydrogen-bond acceptors (Lipinski definition) is 5. The van der Waals surface area contributed by atoms with Crippen LogP contribution < -0.4 is 10.0 Å². The van der Waals surface area contributed by atoms with Crippen molar-refractivity contribution < 1.29 is 17.9 Å². The number of ether oxygens (including phenoxy) is 1. The van der Waals surface area contributed by atoms with E-state index < -0.39 is 16.0 Å².